The molecular weight excluding hydrogens is 305 g/mol. The molecule has 1 N–H and O–H groups in total. The molecule has 2 rings (SSSR count). The minimum absolute atomic E-state index is 0.0179. The molecule has 1 aromatic rings. The van der Waals surface area contributed by atoms with Gasteiger partial charge in [-0.25, -0.2) is 0 Å². The van der Waals surface area contributed by atoms with Gasteiger partial charge in [0.05, 0.1) is 13.7 Å². The van der Waals surface area contributed by atoms with E-state index in [9.17, 15) is 18.0 Å². The van der Waals surface area contributed by atoms with Crippen molar-refractivity contribution < 1.29 is 22.7 Å². The number of amidine groups is 1. The molecule has 8 heteroatoms. The van der Waals surface area contributed by atoms with Crippen molar-refractivity contribution in [1.82, 2.24) is 5.32 Å². The number of alkyl halides is 3. The summed E-state index contributed by atoms with van der Waals surface area (Å²) in [5.74, 6) is -0.409. The van der Waals surface area contributed by atoms with Crippen molar-refractivity contribution in [3.05, 3.63) is 29.8 Å². The van der Waals surface area contributed by atoms with Crippen molar-refractivity contribution in [1.29, 1.82) is 0 Å². The molecule has 1 aromatic carbocycles. The lowest BCUT2D eigenvalue weighted by molar-refractivity contribution is -0.166. The molecule has 114 valence electrons. The van der Waals surface area contributed by atoms with Crippen molar-refractivity contribution in [2.24, 2.45) is 4.99 Å². The molecule has 1 saturated heterocycles. The number of ether oxygens (including phenoxy) is 1. The molecule has 1 unspecified atom stereocenters. The monoisotopic (exact) mass is 318 g/mol. The average Bonchev–Trinajstić information content (AvgIpc) is 2.73. The van der Waals surface area contributed by atoms with Crippen molar-refractivity contribution in [2.75, 3.05) is 7.11 Å². The number of amides is 1. The maximum atomic E-state index is 12.9. The van der Waals surface area contributed by atoms with Crippen LogP contribution >= 0.6 is 11.8 Å². The van der Waals surface area contributed by atoms with E-state index < -0.39 is 16.8 Å². The Kier molecular flexibility index (Phi) is 4.18. The number of rotatable bonds is 3. The highest BCUT2D eigenvalue weighted by Gasteiger charge is 2.61. The van der Waals surface area contributed by atoms with Gasteiger partial charge in [0.1, 0.15) is 5.75 Å². The highest BCUT2D eigenvalue weighted by molar-refractivity contribution is 8.16. The highest BCUT2D eigenvalue weighted by Crippen LogP contribution is 2.44. The van der Waals surface area contributed by atoms with E-state index in [1.807, 2.05) is 0 Å². The van der Waals surface area contributed by atoms with Crippen molar-refractivity contribution in [3.8, 4) is 5.75 Å². The second-order valence-electron chi connectivity index (χ2n) is 4.56. The second kappa shape index (κ2) is 5.59. The zero-order valence-corrected chi connectivity index (χ0v) is 12.1. The predicted molar refractivity (Wildman–Crippen MR) is 74.3 cm³/mol. The van der Waals surface area contributed by atoms with Crippen LogP contribution in [0, 0.1) is 0 Å². The first-order chi connectivity index (χ1) is 9.76. The van der Waals surface area contributed by atoms with E-state index in [1.165, 1.54) is 7.11 Å². The van der Waals surface area contributed by atoms with Gasteiger partial charge in [-0.15, -0.1) is 0 Å². The fourth-order valence-corrected chi connectivity index (χ4v) is 2.55. The summed E-state index contributed by atoms with van der Waals surface area (Å²) in [5.41, 5.74) is 0.804. The third kappa shape index (κ3) is 3.15. The van der Waals surface area contributed by atoms with Gasteiger partial charge < -0.3 is 10.1 Å². The lowest BCUT2D eigenvalue weighted by Crippen LogP contribution is -2.46. The summed E-state index contributed by atoms with van der Waals surface area (Å²) < 4.78 is 41.1. The molecule has 0 aliphatic carbocycles. The number of hydrogen-bond acceptors (Lipinski definition) is 4. The molecule has 1 atom stereocenters. The fourth-order valence-electron chi connectivity index (χ4n) is 1.63. The first-order valence-corrected chi connectivity index (χ1v) is 6.82. The van der Waals surface area contributed by atoms with Gasteiger partial charge in [-0.1, -0.05) is 23.9 Å². The molecule has 1 fully saturated rings. The smallest absolute Gasteiger partial charge is 0.412 e. The van der Waals surface area contributed by atoms with Gasteiger partial charge in [0.2, 0.25) is 0 Å². The molecule has 0 aromatic heterocycles. The number of carbonyl (C=O) groups is 1. The van der Waals surface area contributed by atoms with Gasteiger partial charge in [0.25, 0.3) is 5.91 Å². The maximum Gasteiger partial charge on any atom is 0.412 e. The zero-order chi connectivity index (χ0) is 15.7. The maximum absolute atomic E-state index is 12.9. The number of nitrogens with zero attached hydrogens (tertiary/aromatic N) is 1. The second-order valence-corrected chi connectivity index (χ2v) is 5.96. The van der Waals surface area contributed by atoms with E-state index in [-0.39, 0.29) is 11.7 Å². The molecule has 1 aliphatic heterocycles. The van der Waals surface area contributed by atoms with Crippen molar-refractivity contribution >= 4 is 22.8 Å². The van der Waals surface area contributed by atoms with Crippen LogP contribution in [-0.2, 0) is 11.3 Å². The minimum Gasteiger partial charge on any atom is -0.497 e. The molecule has 0 spiro atoms. The Labute approximate surface area is 123 Å². The topological polar surface area (TPSA) is 50.7 Å². The van der Waals surface area contributed by atoms with Crippen LogP contribution in [0.4, 0.5) is 13.2 Å². The standard InChI is InChI=1S/C13H13F3N2O2S/c1-12(13(14,15)16)10(19)18-11(21-12)17-7-8-3-5-9(20-2)6-4-8/h3-6H,7H2,1-2H3,(H,17,18,19). The summed E-state index contributed by atoms with van der Waals surface area (Å²) >= 11 is 0.395. The SMILES string of the molecule is COc1ccc(CN=C2NC(=O)C(C)(C(F)(F)F)S2)cc1. The van der Waals surface area contributed by atoms with E-state index in [1.54, 1.807) is 24.3 Å². The van der Waals surface area contributed by atoms with Crippen LogP contribution in [0.5, 0.6) is 5.75 Å². The van der Waals surface area contributed by atoms with Crippen LogP contribution in [0.15, 0.2) is 29.3 Å². The number of methoxy groups -OCH3 is 1. The summed E-state index contributed by atoms with van der Waals surface area (Å²) in [6.07, 6.45) is -4.63. The van der Waals surface area contributed by atoms with Crippen molar-refractivity contribution in [2.45, 2.75) is 24.4 Å². The molecule has 1 heterocycles. The first-order valence-electron chi connectivity index (χ1n) is 6.01. The molecule has 1 aliphatic rings. The van der Waals surface area contributed by atoms with Crippen LogP contribution in [0.25, 0.3) is 0 Å². The summed E-state index contributed by atoms with van der Waals surface area (Å²) in [6, 6.07) is 6.98. The molecule has 1 amide bonds. The third-order valence-corrected chi connectivity index (χ3v) is 4.31. The molecule has 0 radical (unpaired) electrons. The van der Waals surface area contributed by atoms with Gasteiger partial charge >= 0.3 is 6.18 Å². The van der Waals surface area contributed by atoms with E-state index in [0.29, 0.717) is 17.5 Å². The van der Waals surface area contributed by atoms with Gasteiger partial charge in [0, 0.05) is 0 Å². The van der Waals surface area contributed by atoms with Crippen LogP contribution < -0.4 is 10.1 Å². The third-order valence-electron chi connectivity index (χ3n) is 3.06. The summed E-state index contributed by atoms with van der Waals surface area (Å²) in [6.45, 7) is 1.03. The molecule has 0 saturated carbocycles. The highest BCUT2D eigenvalue weighted by atomic mass is 32.2. The van der Waals surface area contributed by atoms with E-state index in [0.717, 1.165) is 12.5 Å². The minimum atomic E-state index is -4.63. The van der Waals surface area contributed by atoms with Gasteiger partial charge in [-0.2, -0.15) is 13.2 Å². The number of halogens is 3. The Morgan fingerprint density at radius 3 is 2.43 bits per heavy atom. The van der Waals surface area contributed by atoms with Crippen LogP contribution in [-0.4, -0.2) is 29.1 Å². The Morgan fingerprint density at radius 2 is 1.95 bits per heavy atom. The van der Waals surface area contributed by atoms with Gasteiger partial charge in [-0.3, -0.25) is 9.79 Å². The lowest BCUT2D eigenvalue weighted by Gasteiger charge is -2.21. The lowest BCUT2D eigenvalue weighted by atomic mass is 10.1. The zero-order valence-electron chi connectivity index (χ0n) is 11.3. The largest absolute Gasteiger partial charge is 0.497 e. The Bertz CT molecular complexity index is 572. The van der Waals surface area contributed by atoms with Crippen LogP contribution in [0.2, 0.25) is 0 Å². The molecular formula is C13H13F3N2O2S. The quantitative estimate of drug-likeness (QED) is 0.932. The normalized spacial score (nSPS) is 24.2. The summed E-state index contributed by atoms with van der Waals surface area (Å²) in [7, 11) is 1.54. The Balaban J connectivity index is 2.08. The number of hydrogen-bond donors (Lipinski definition) is 1. The number of thioether (sulfide) groups is 1. The van der Waals surface area contributed by atoms with E-state index >= 15 is 0 Å². The first kappa shape index (κ1) is 15.7. The molecule has 21 heavy (non-hydrogen) atoms. The number of aliphatic imine (C=N–C) groups is 1. The average molecular weight is 318 g/mol. The predicted octanol–water partition coefficient (Wildman–Crippen LogP) is 2.74. The molecule has 0 bridgehead atoms. The molecule has 4 nitrogen and oxygen atoms in total. The number of carbonyl (C=O) groups excluding carboxylic acids is 1. The van der Waals surface area contributed by atoms with Crippen molar-refractivity contribution in [3.63, 3.8) is 0 Å². The van der Waals surface area contributed by atoms with E-state index in [2.05, 4.69) is 10.3 Å². The number of benzene rings is 1. The summed E-state index contributed by atoms with van der Waals surface area (Å²) in [4.78, 5) is 15.5. The van der Waals surface area contributed by atoms with Gasteiger partial charge in [0.15, 0.2) is 9.91 Å². The Morgan fingerprint density at radius 1 is 1.33 bits per heavy atom. The Hall–Kier alpha value is -1.70. The fraction of sp³-hybridized carbons (Fsp3) is 0.385. The number of nitrogens with one attached hydrogen (secondary N) is 1. The van der Waals surface area contributed by atoms with E-state index in [4.69, 9.17) is 4.74 Å². The summed E-state index contributed by atoms with van der Waals surface area (Å²) in [5, 5.41) is 2.16. The van der Waals surface area contributed by atoms with Crippen LogP contribution in [0.1, 0.15) is 12.5 Å². The van der Waals surface area contributed by atoms with Crippen LogP contribution in [0.3, 0.4) is 0 Å². The van der Waals surface area contributed by atoms with Gasteiger partial charge in [-0.05, 0) is 24.6 Å².